The summed E-state index contributed by atoms with van der Waals surface area (Å²) in [5, 5.41) is 28.7. The molecule has 3 heterocycles. The van der Waals surface area contributed by atoms with Crippen molar-refractivity contribution in [1.29, 1.82) is 0 Å². The van der Waals surface area contributed by atoms with Gasteiger partial charge < -0.3 is 25.8 Å². The van der Waals surface area contributed by atoms with E-state index in [9.17, 15) is 19.8 Å². The van der Waals surface area contributed by atoms with E-state index in [0.717, 1.165) is 4.57 Å². The highest BCUT2D eigenvalue weighted by Crippen LogP contribution is 2.29. The van der Waals surface area contributed by atoms with E-state index in [1.165, 1.54) is 0 Å². The Morgan fingerprint density at radius 3 is 2.62 bits per heavy atom. The largest absolute Gasteiger partial charge is 0.394 e. The van der Waals surface area contributed by atoms with Crippen LogP contribution >= 0.6 is 0 Å². The number of aliphatic hydroxyl groups excluding tert-OH is 3. The van der Waals surface area contributed by atoms with E-state index < -0.39 is 42.4 Å². The van der Waals surface area contributed by atoms with Crippen molar-refractivity contribution in [3.63, 3.8) is 0 Å². The molecular weight excluding hydrogens is 289 g/mol. The minimum atomic E-state index is -1.47. The zero-order valence-corrected chi connectivity index (χ0v) is 10.6. The van der Waals surface area contributed by atoms with Gasteiger partial charge in [0.15, 0.2) is 17.4 Å². The van der Waals surface area contributed by atoms with Crippen molar-refractivity contribution < 1.29 is 20.1 Å². The van der Waals surface area contributed by atoms with Crippen molar-refractivity contribution in [2.75, 3.05) is 12.3 Å². The fourth-order valence-corrected chi connectivity index (χ4v) is 2.36. The third-order valence-corrected chi connectivity index (χ3v) is 3.37. The summed E-state index contributed by atoms with van der Waals surface area (Å²) in [6.07, 6.45) is -5.20. The summed E-state index contributed by atoms with van der Waals surface area (Å²) in [4.78, 5) is 32.0. The fourth-order valence-electron chi connectivity index (χ4n) is 2.36. The number of fused-ring (bicyclic) bond motifs is 1. The fraction of sp³-hybridized carbons (Fsp3) is 0.500. The number of hydrogen-bond acceptors (Lipinski definition) is 8. The molecule has 1 saturated heterocycles. The molecule has 4 atom stereocenters. The molecule has 0 bridgehead atoms. The van der Waals surface area contributed by atoms with Crippen LogP contribution in [0.2, 0.25) is 0 Å². The Bertz CT molecular complexity index is 793. The number of nitrogen functional groups attached to an aromatic ring is 1. The molecule has 2 aromatic heterocycles. The van der Waals surface area contributed by atoms with Crippen LogP contribution in [-0.2, 0) is 4.74 Å². The van der Waals surface area contributed by atoms with Gasteiger partial charge in [-0.05, 0) is 0 Å². The third-order valence-electron chi connectivity index (χ3n) is 3.37. The number of aromatic amines is 2. The van der Waals surface area contributed by atoms with Crippen LogP contribution in [0.3, 0.4) is 0 Å². The number of H-pyrrole nitrogens is 2. The van der Waals surface area contributed by atoms with Gasteiger partial charge in [0.05, 0.1) is 6.61 Å². The molecule has 114 valence electrons. The van der Waals surface area contributed by atoms with Crippen LogP contribution in [-0.4, -0.2) is 59.8 Å². The second-order valence-corrected chi connectivity index (χ2v) is 4.68. The molecular formula is C10H13N5O6. The van der Waals surface area contributed by atoms with Gasteiger partial charge in [0, 0.05) is 0 Å². The number of hydrogen-bond donors (Lipinski definition) is 6. The summed E-state index contributed by atoms with van der Waals surface area (Å²) >= 11 is 0. The summed E-state index contributed by atoms with van der Waals surface area (Å²) in [5.74, 6) is -0.216. The number of imidazole rings is 1. The molecule has 21 heavy (non-hydrogen) atoms. The van der Waals surface area contributed by atoms with Crippen molar-refractivity contribution in [3.8, 4) is 0 Å². The normalized spacial score (nSPS) is 29.3. The predicted octanol–water partition coefficient (Wildman–Crippen LogP) is -3.39. The van der Waals surface area contributed by atoms with E-state index in [4.69, 9.17) is 15.6 Å². The maximum absolute atomic E-state index is 12.0. The molecule has 11 nitrogen and oxygen atoms in total. The van der Waals surface area contributed by atoms with Crippen LogP contribution in [0.1, 0.15) is 6.23 Å². The molecule has 0 aromatic carbocycles. The van der Waals surface area contributed by atoms with Crippen LogP contribution in [0.4, 0.5) is 5.95 Å². The Labute approximate surface area is 115 Å². The maximum atomic E-state index is 12.0. The first kappa shape index (κ1) is 13.8. The molecule has 1 unspecified atom stereocenters. The molecule has 2 aromatic rings. The number of nitrogens with zero attached hydrogens (tertiary/aromatic N) is 2. The van der Waals surface area contributed by atoms with Gasteiger partial charge in [0.25, 0.3) is 5.56 Å². The molecule has 11 heteroatoms. The minimum Gasteiger partial charge on any atom is -0.394 e. The van der Waals surface area contributed by atoms with Gasteiger partial charge in [0.2, 0.25) is 5.95 Å². The van der Waals surface area contributed by atoms with Crippen LogP contribution in [0.25, 0.3) is 11.2 Å². The second-order valence-electron chi connectivity index (χ2n) is 4.68. The zero-order chi connectivity index (χ0) is 15.3. The molecule has 0 amide bonds. The molecule has 0 saturated carbocycles. The average molecular weight is 302 g/mol. The molecule has 0 radical (unpaired) electrons. The Hall–Kier alpha value is -2.21. The number of ether oxygens (including phenoxy) is 1. The van der Waals surface area contributed by atoms with Crippen LogP contribution in [0, 0.1) is 0 Å². The smallest absolute Gasteiger partial charge is 0.330 e. The van der Waals surface area contributed by atoms with Crippen LogP contribution in [0.15, 0.2) is 9.59 Å². The molecule has 1 aliphatic rings. The lowest BCUT2D eigenvalue weighted by atomic mass is 10.1. The number of anilines is 1. The summed E-state index contributed by atoms with van der Waals surface area (Å²) in [5.41, 5.74) is 3.77. The van der Waals surface area contributed by atoms with Gasteiger partial charge in [-0.2, -0.15) is 4.98 Å². The maximum Gasteiger partial charge on any atom is 0.330 e. The van der Waals surface area contributed by atoms with E-state index in [2.05, 4.69) is 15.0 Å². The van der Waals surface area contributed by atoms with Gasteiger partial charge in [-0.1, -0.05) is 0 Å². The minimum absolute atomic E-state index is 0.115. The lowest BCUT2D eigenvalue weighted by molar-refractivity contribution is -0.0524. The average Bonchev–Trinajstić information content (AvgIpc) is 2.89. The van der Waals surface area contributed by atoms with Crippen molar-refractivity contribution in [1.82, 2.24) is 19.5 Å². The second kappa shape index (κ2) is 4.66. The summed E-state index contributed by atoms with van der Waals surface area (Å²) in [6, 6.07) is 0. The Morgan fingerprint density at radius 1 is 1.29 bits per heavy atom. The van der Waals surface area contributed by atoms with Gasteiger partial charge in [0.1, 0.15) is 18.3 Å². The van der Waals surface area contributed by atoms with Gasteiger partial charge in [-0.25, -0.2) is 9.36 Å². The quantitative estimate of drug-likeness (QED) is 0.310. The van der Waals surface area contributed by atoms with Crippen molar-refractivity contribution in [3.05, 3.63) is 20.8 Å². The Kier molecular flexibility index (Phi) is 3.06. The highest BCUT2D eigenvalue weighted by Gasteiger charge is 2.44. The molecule has 0 aliphatic carbocycles. The van der Waals surface area contributed by atoms with E-state index in [1.54, 1.807) is 0 Å². The van der Waals surface area contributed by atoms with Crippen molar-refractivity contribution >= 4 is 17.1 Å². The predicted molar refractivity (Wildman–Crippen MR) is 68.4 cm³/mol. The first-order valence-electron chi connectivity index (χ1n) is 6.06. The standard InChI is InChI=1S/C10H13N5O6/c11-9-13-6-3(7(19)14-9)12-10(20)15(6)8-5(18)4(17)2(1-16)21-8/h2,4-5,8,16-18H,1H2,(H,12,20)(H3,11,13,14,19)/t2-,4?,5+,8-/m1/s1/i9+1,11+1,14+1. The summed E-state index contributed by atoms with van der Waals surface area (Å²) in [6.45, 7) is -0.540. The van der Waals surface area contributed by atoms with Crippen molar-refractivity contribution in [2.24, 2.45) is 0 Å². The summed E-state index contributed by atoms with van der Waals surface area (Å²) < 4.78 is 6.13. The van der Waals surface area contributed by atoms with Gasteiger partial charge >= 0.3 is 5.69 Å². The third kappa shape index (κ3) is 1.94. The monoisotopic (exact) mass is 302 g/mol. The van der Waals surface area contributed by atoms with E-state index in [1.807, 2.05) is 0 Å². The highest BCUT2D eigenvalue weighted by atomic mass is 16.6. The zero-order valence-electron chi connectivity index (χ0n) is 10.6. The molecule has 0 spiro atoms. The van der Waals surface area contributed by atoms with E-state index in [-0.39, 0.29) is 17.1 Å². The SMILES string of the molecule is [15NH2][13c]1nc2c([nH]c(=O)n2[C@@H]2O[C@H](CO)C(O)[C@@H]2O)c(=O)[15nH]1. The number of aliphatic hydroxyl groups is 3. The van der Waals surface area contributed by atoms with Crippen LogP contribution in [0.5, 0.6) is 0 Å². The van der Waals surface area contributed by atoms with Crippen LogP contribution < -0.4 is 17.0 Å². The van der Waals surface area contributed by atoms with Gasteiger partial charge in [-0.3, -0.25) is 14.8 Å². The number of nitrogens with one attached hydrogen (secondary N) is 2. The van der Waals surface area contributed by atoms with Gasteiger partial charge in [-0.15, -0.1) is 0 Å². The first-order valence-corrected chi connectivity index (χ1v) is 6.06. The Morgan fingerprint density at radius 2 is 2.00 bits per heavy atom. The Balaban J connectivity index is 2.20. The molecule has 1 fully saturated rings. The molecule has 7 N–H and O–H groups in total. The number of rotatable bonds is 2. The number of aromatic nitrogens is 4. The van der Waals surface area contributed by atoms with E-state index >= 15 is 0 Å². The lowest BCUT2D eigenvalue weighted by Gasteiger charge is -2.15. The van der Waals surface area contributed by atoms with Crippen molar-refractivity contribution in [2.45, 2.75) is 24.5 Å². The molecule has 1 aliphatic heterocycles. The number of nitrogens with two attached hydrogens (primary N) is 1. The topological polar surface area (TPSA) is 179 Å². The molecule has 3 rings (SSSR count). The highest BCUT2D eigenvalue weighted by molar-refractivity contribution is 5.70. The summed E-state index contributed by atoms with van der Waals surface area (Å²) in [7, 11) is 0. The first-order chi connectivity index (χ1) is 9.93. The lowest BCUT2D eigenvalue weighted by Crippen LogP contribution is -2.35. The van der Waals surface area contributed by atoms with E-state index in [0.29, 0.717) is 0 Å².